The van der Waals surface area contributed by atoms with Crippen LogP contribution in [0.5, 0.6) is 0 Å². The minimum atomic E-state index is -0.119. The second kappa shape index (κ2) is 3.05. The molecule has 0 spiro atoms. The first kappa shape index (κ1) is 8.05. The first-order chi connectivity index (χ1) is 6.27. The molecule has 0 saturated heterocycles. The highest BCUT2D eigenvalue weighted by Gasteiger charge is 2.18. The third kappa shape index (κ3) is 1.47. The molecule has 0 bridgehead atoms. The fourth-order valence-corrected chi connectivity index (χ4v) is 1.54. The molecule has 1 atom stereocenters. The third-order valence-corrected chi connectivity index (χ3v) is 2.09. The predicted molar refractivity (Wildman–Crippen MR) is 51.0 cm³/mol. The predicted octanol–water partition coefficient (Wildman–Crippen LogP) is 1.91. The van der Waals surface area contributed by atoms with Crippen molar-refractivity contribution in [3.8, 4) is 0 Å². The van der Waals surface area contributed by atoms with Crippen molar-refractivity contribution >= 4 is 12.0 Å². The van der Waals surface area contributed by atoms with E-state index in [0.29, 0.717) is 0 Å². The number of rotatable bonds is 1. The summed E-state index contributed by atoms with van der Waals surface area (Å²) in [5.74, 6) is -0.119. The molecule has 0 fully saturated rings. The monoisotopic (exact) mass is 172 g/mol. The van der Waals surface area contributed by atoms with Gasteiger partial charge in [0.1, 0.15) is 0 Å². The summed E-state index contributed by atoms with van der Waals surface area (Å²) >= 11 is 0. The number of carbonyl (C=O) groups excluding carboxylic acids is 1. The Labute approximate surface area is 77.3 Å². The Balaban J connectivity index is 2.28. The summed E-state index contributed by atoms with van der Waals surface area (Å²) in [5.41, 5.74) is 2.29. The van der Waals surface area contributed by atoms with Crippen molar-refractivity contribution in [2.45, 2.75) is 13.0 Å². The van der Waals surface area contributed by atoms with Gasteiger partial charge in [-0.3, -0.25) is 4.79 Å². The van der Waals surface area contributed by atoms with E-state index in [1.807, 2.05) is 36.4 Å². The van der Waals surface area contributed by atoms with Crippen molar-refractivity contribution in [2.24, 2.45) is 0 Å². The lowest BCUT2D eigenvalue weighted by atomic mass is 10.1. The maximum absolute atomic E-state index is 10.8. The molecule has 2 heteroatoms. The minimum Gasteiger partial charge on any atom is -0.273 e. The summed E-state index contributed by atoms with van der Waals surface area (Å²) in [7, 11) is 0. The molecule has 1 aliphatic carbocycles. The molecule has 0 aromatic heterocycles. The van der Waals surface area contributed by atoms with Crippen LogP contribution in [0.4, 0.5) is 0 Å². The van der Waals surface area contributed by atoms with Crippen LogP contribution in [0.2, 0.25) is 0 Å². The summed E-state index contributed by atoms with van der Waals surface area (Å²) in [4.78, 5) is 10.8. The van der Waals surface area contributed by atoms with E-state index in [1.54, 1.807) is 0 Å². The molecular weight excluding hydrogens is 162 g/mol. The number of fused-ring (bicyclic) bond motifs is 1. The summed E-state index contributed by atoms with van der Waals surface area (Å²) < 4.78 is 0. The van der Waals surface area contributed by atoms with Crippen molar-refractivity contribution in [1.29, 1.82) is 0 Å². The van der Waals surface area contributed by atoms with Gasteiger partial charge < -0.3 is 0 Å². The lowest BCUT2D eigenvalue weighted by Crippen LogP contribution is -2.15. The Morgan fingerprint density at radius 3 is 2.92 bits per heavy atom. The topological polar surface area (TPSA) is 31.2 Å². The molecule has 0 aliphatic heterocycles. The zero-order chi connectivity index (χ0) is 9.26. The molecule has 1 amide bonds. The van der Waals surface area contributed by atoms with Crippen LogP contribution in [0.3, 0.4) is 0 Å². The smallest absolute Gasteiger partial charge is 0.238 e. The van der Waals surface area contributed by atoms with E-state index in [9.17, 15) is 4.79 Å². The molecule has 2 nitrogen and oxygen atoms in total. The molecule has 0 saturated carbocycles. The van der Waals surface area contributed by atoms with Crippen LogP contribution in [0.15, 0.2) is 30.3 Å². The van der Waals surface area contributed by atoms with Crippen LogP contribution in [0.1, 0.15) is 24.1 Å². The van der Waals surface area contributed by atoms with Gasteiger partial charge in [0.15, 0.2) is 0 Å². The van der Waals surface area contributed by atoms with E-state index >= 15 is 0 Å². The van der Waals surface area contributed by atoms with Gasteiger partial charge in [-0.05, 0) is 11.1 Å². The van der Waals surface area contributed by atoms with Crippen molar-refractivity contribution in [3.63, 3.8) is 0 Å². The summed E-state index contributed by atoms with van der Waals surface area (Å²) in [6, 6.07) is 7.93. The summed E-state index contributed by atoms with van der Waals surface area (Å²) in [5, 5.41) is 3.99. The molecular formula is C11H10NO. The van der Waals surface area contributed by atoms with Crippen molar-refractivity contribution in [1.82, 2.24) is 5.32 Å². The van der Waals surface area contributed by atoms with Crippen molar-refractivity contribution < 1.29 is 4.79 Å². The second-order valence-corrected chi connectivity index (χ2v) is 3.08. The Morgan fingerprint density at radius 1 is 1.38 bits per heavy atom. The van der Waals surface area contributed by atoms with E-state index in [4.69, 9.17) is 0 Å². The maximum Gasteiger partial charge on any atom is 0.238 e. The molecule has 1 aliphatic rings. The SMILES string of the molecule is CC(=O)[N]C1C=Cc2ccccc21. The quantitative estimate of drug-likeness (QED) is 0.636. The van der Waals surface area contributed by atoms with Crippen LogP contribution in [0.25, 0.3) is 6.08 Å². The Kier molecular flexibility index (Phi) is 1.89. The summed E-state index contributed by atoms with van der Waals surface area (Å²) in [6.07, 6.45) is 3.96. The molecule has 1 unspecified atom stereocenters. The highest BCUT2D eigenvalue weighted by Crippen LogP contribution is 2.28. The Hall–Kier alpha value is -1.57. The van der Waals surface area contributed by atoms with E-state index in [2.05, 4.69) is 5.32 Å². The minimum absolute atomic E-state index is 0.0614. The fourth-order valence-electron chi connectivity index (χ4n) is 1.54. The largest absolute Gasteiger partial charge is 0.273 e. The number of amides is 1. The standard InChI is InChI=1S/C11H10NO/c1-8(13)12-11-7-6-9-4-2-3-5-10(9)11/h2-7,11H,1H3. The first-order valence-corrected chi connectivity index (χ1v) is 4.26. The molecule has 1 aromatic carbocycles. The van der Waals surface area contributed by atoms with Crippen LogP contribution in [-0.4, -0.2) is 5.91 Å². The number of hydrogen-bond donors (Lipinski definition) is 0. The van der Waals surface area contributed by atoms with Crippen LogP contribution >= 0.6 is 0 Å². The van der Waals surface area contributed by atoms with Gasteiger partial charge in [-0.1, -0.05) is 36.4 Å². The lowest BCUT2D eigenvalue weighted by molar-refractivity contribution is -0.119. The van der Waals surface area contributed by atoms with Gasteiger partial charge in [-0.2, -0.15) is 0 Å². The molecule has 65 valence electrons. The van der Waals surface area contributed by atoms with Crippen LogP contribution in [-0.2, 0) is 4.79 Å². The average Bonchev–Trinajstić information content (AvgIpc) is 2.48. The number of hydrogen-bond acceptors (Lipinski definition) is 1. The van der Waals surface area contributed by atoms with Gasteiger partial charge in [0.05, 0.1) is 6.04 Å². The van der Waals surface area contributed by atoms with Crippen molar-refractivity contribution in [3.05, 3.63) is 41.5 Å². The van der Waals surface area contributed by atoms with Gasteiger partial charge in [0.2, 0.25) is 5.91 Å². The first-order valence-electron chi connectivity index (χ1n) is 4.26. The Bertz CT molecular complexity index is 368. The third-order valence-electron chi connectivity index (χ3n) is 2.09. The van der Waals surface area contributed by atoms with Gasteiger partial charge in [0, 0.05) is 6.92 Å². The Morgan fingerprint density at radius 2 is 2.15 bits per heavy atom. The lowest BCUT2D eigenvalue weighted by Gasteiger charge is -2.07. The van der Waals surface area contributed by atoms with Crippen LogP contribution < -0.4 is 5.32 Å². The average molecular weight is 172 g/mol. The van der Waals surface area contributed by atoms with Gasteiger partial charge >= 0.3 is 0 Å². The van der Waals surface area contributed by atoms with E-state index in [0.717, 1.165) is 11.1 Å². The van der Waals surface area contributed by atoms with E-state index < -0.39 is 0 Å². The van der Waals surface area contributed by atoms with Crippen LogP contribution in [0, 0.1) is 0 Å². The highest BCUT2D eigenvalue weighted by molar-refractivity contribution is 5.75. The zero-order valence-electron chi connectivity index (χ0n) is 7.40. The van der Waals surface area contributed by atoms with Gasteiger partial charge in [-0.15, -0.1) is 0 Å². The van der Waals surface area contributed by atoms with Crippen molar-refractivity contribution in [2.75, 3.05) is 0 Å². The molecule has 1 radical (unpaired) electrons. The van der Waals surface area contributed by atoms with Gasteiger partial charge in [-0.25, -0.2) is 5.32 Å². The fraction of sp³-hybridized carbons (Fsp3) is 0.182. The number of nitrogens with zero attached hydrogens (tertiary/aromatic N) is 1. The number of benzene rings is 1. The maximum atomic E-state index is 10.8. The molecule has 13 heavy (non-hydrogen) atoms. The second-order valence-electron chi connectivity index (χ2n) is 3.08. The molecule has 1 aromatic rings. The molecule has 2 rings (SSSR count). The molecule has 0 N–H and O–H groups in total. The number of carbonyl (C=O) groups is 1. The van der Waals surface area contributed by atoms with E-state index in [1.165, 1.54) is 6.92 Å². The van der Waals surface area contributed by atoms with Gasteiger partial charge in [0.25, 0.3) is 0 Å². The zero-order valence-corrected chi connectivity index (χ0v) is 7.40. The van der Waals surface area contributed by atoms with E-state index in [-0.39, 0.29) is 11.9 Å². The summed E-state index contributed by atoms with van der Waals surface area (Å²) in [6.45, 7) is 1.48. The highest BCUT2D eigenvalue weighted by atomic mass is 16.1. The normalized spacial score (nSPS) is 18.4. The molecule has 0 heterocycles.